The second kappa shape index (κ2) is 6.50. The molecule has 1 aromatic rings. The van der Waals surface area contributed by atoms with E-state index in [4.69, 9.17) is 0 Å². The molecule has 5 heteroatoms. The molecule has 0 aromatic heterocycles. The fourth-order valence-corrected chi connectivity index (χ4v) is 1.58. The van der Waals surface area contributed by atoms with Crippen molar-refractivity contribution in [3.8, 4) is 5.75 Å². The van der Waals surface area contributed by atoms with Crippen molar-refractivity contribution in [1.82, 2.24) is 0 Å². The third-order valence-electron chi connectivity index (χ3n) is 2.44. The molecule has 0 unspecified atom stereocenters. The lowest BCUT2D eigenvalue weighted by molar-refractivity contribution is -0.274. The van der Waals surface area contributed by atoms with Crippen molar-refractivity contribution in [3.05, 3.63) is 48.7 Å². The number of allylic oxidation sites excluding steroid dienone is 2. The van der Waals surface area contributed by atoms with E-state index in [1.165, 1.54) is 12.1 Å². The number of anilines is 1. The fourth-order valence-electron chi connectivity index (χ4n) is 1.58. The minimum atomic E-state index is -4.67. The van der Waals surface area contributed by atoms with Gasteiger partial charge in [-0.2, -0.15) is 0 Å². The van der Waals surface area contributed by atoms with Gasteiger partial charge in [0.1, 0.15) is 5.75 Å². The quantitative estimate of drug-likeness (QED) is 0.714. The number of nitrogens with zero attached hydrogens (tertiary/aromatic N) is 1. The van der Waals surface area contributed by atoms with Gasteiger partial charge in [0.25, 0.3) is 0 Å². The Balaban J connectivity index is 2.91. The van der Waals surface area contributed by atoms with Crippen LogP contribution in [-0.4, -0.2) is 12.4 Å². The molecule has 1 rings (SSSR count). The van der Waals surface area contributed by atoms with Gasteiger partial charge in [-0.1, -0.05) is 12.2 Å². The first-order chi connectivity index (χ1) is 9.19. The second-order valence-corrected chi connectivity index (χ2v) is 4.70. The van der Waals surface area contributed by atoms with Crippen LogP contribution in [0.2, 0.25) is 0 Å². The summed E-state index contributed by atoms with van der Waals surface area (Å²) in [5.74, 6) is -0.228. The Kier molecular flexibility index (Phi) is 5.25. The Morgan fingerprint density at radius 3 is 2.20 bits per heavy atom. The smallest absolute Gasteiger partial charge is 0.406 e. The molecular formula is C15H18F3NO. The molecule has 1 aromatic carbocycles. The fraction of sp³-hybridized carbons (Fsp3) is 0.333. The number of benzene rings is 1. The summed E-state index contributed by atoms with van der Waals surface area (Å²) in [4.78, 5) is 1.94. The highest BCUT2D eigenvalue weighted by molar-refractivity contribution is 5.52. The summed E-state index contributed by atoms with van der Waals surface area (Å²) in [6.45, 7) is 9.62. The molecule has 0 aliphatic carbocycles. The minimum Gasteiger partial charge on any atom is -0.406 e. The molecule has 2 nitrogen and oxygen atoms in total. The summed E-state index contributed by atoms with van der Waals surface area (Å²) in [6.07, 6.45) is -0.966. The SMILES string of the molecule is C=C(C)/C=C\N(c1ccc(OC(F)(F)F)cc1)C(C)C. The van der Waals surface area contributed by atoms with Gasteiger partial charge in [-0.3, -0.25) is 0 Å². The summed E-state index contributed by atoms with van der Waals surface area (Å²) in [7, 11) is 0. The van der Waals surface area contributed by atoms with Gasteiger partial charge in [-0.25, -0.2) is 0 Å². The molecule has 0 saturated carbocycles. The van der Waals surface area contributed by atoms with Gasteiger partial charge in [-0.05, 0) is 51.1 Å². The standard InChI is InChI=1S/C15H18F3NO/c1-11(2)9-10-19(12(3)4)13-5-7-14(8-6-13)20-15(16,17)18/h5-10,12H,1H2,2-4H3/b10-9-. The number of alkyl halides is 3. The van der Waals surface area contributed by atoms with Gasteiger partial charge < -0.3 is 9.64 Å². The molecule has 0 bridgehead atoms. The lowest BCUT2D eigenvalue weighted by atomic mass is 10.2. The number of hydrogen-bond donors (Lipinski definition) is 0. The molecule has 0 fully saturated rings. The van der Waals surface area contributed by atoms with Crippen LogP contribution < -0.4 is 9.64 Å². The summed E-state index contributed by atoms with van der Waals surface area (Å²) >= 11 is 0. The van der Waals surface area contributed by atoms with E-state index in [1.54, 1.807) is 12.1 Å². The maximum atomic E-state index is 12.1. The van der Waals surface area contributed by atoms with Crippen LogP contribution in [-0.2, 0) is 0 Å². The molecular weight excluding hydrogens is 267 g/mol. The van der Waals surface area contributed by atoms with E-state index in [1.807, 2.05) is 37.9 Å². The molecule has 0 saturated heterocycles. The van der Waals surface area contributed by atoms with Gasteiger partial charge in [0.2, 0.25) is 0 Å². The zero-order chi connectivity index (χ0) is 15.3. The largest absolute Gasteiger partial charge is 0.573 e. The number of ether oxygens (including phenoxy) is 1. The van der Waals surface area contributed by atoms with Crippen molar-refractivity contribution in [2.75, 3.05) is 4.90 Å². The van der Waals surface area contributed by atoms with Crippen LogP contribution in [0.3, 0.4) is 0 Å². The molecule has 0 radical (unpaired) electrons. The molecule has 0 amide bonds. The lowest BCUT2D eigenvalue weighted by Crippen LogP contribution is -2.24. The van der Waals surface area contributed by atoms with Crippen LogP contribution in [0.5, 0.6) is 5.75 Å². The number of halogens is 3. The van der Waals surface area contributed by atoms with E-state index in [0.717, 1.165) is 11.3 Å². The molecule has 20 heavy (non-hydrogen) atoms. The topological polar surface area (TPSA) is 12.5 Å². The first kappa shape index (κ1) is 16.1. The van der Waals surface area contributed by atoms with E-state index >= 15 is 0 Å². The van der Waals surface area contributed by atoms with Crippen LogP contribution in [0.1, 0.15) is 20.8 Å². The summed E-state index contributed by atoms with van der Waals surface area (Å²) in [5.41, 5.74) is 1.68. The predicted molar refractivity (Wildman–Crippen MR) is 74.7 cm³/mol. The third kappa shape index (κ3) is 5.38. The van der Waals surface area contributed by atoms with E-state index in [0.29, 0.717) is 0 Å². The summed E-state index contributed by atoms with van der Waals surface area (Å²) in [5, 5.41) is 0. The van der Waals surface area contributed by atoms with Gasteiger partial charge in [-0.15, -0.1) is 13.2 Å². The molecule has 0 N–H and O–H groups in total. The highest BCUT2D eigenvalue weighted by atomic mass is 19.4. The maximum Gasteiger partial charge on any atom is 0.573 e. The zero-order valence-corrected chi connectivity index (χ0v) is 11.7. The van der Waals surface area contributed by atoms with Crippen LogP contribution in [0, 0.1) is 0 Å². The highest BCUT2D eigenvalue weighted by Gasteiger charge is 2.31. The first-order valence-corrected chi connectivity index (χ1v) is 6.17. The second-order valence-electron chi connectivity index (χ2n) is 4.70. The van der Waals surface area contributed by atoms with Crippen molar-refractivity contribution in [3.63, 3.8) is 0 Å². The Hall–Kier alpha value is -1.91. The van der Waals surface area contributed by atoms with E-state index in [-0.39, 0.29) is 11.8 Å². The molecule has 110 valence electrons. The molecule has 0 atom stereocenters. The average Bonchev–Trinajstić information content (AvgIpc) is 2.28. The van der Waals surface area contributed by atoms with Crippen molar-refractivity contribution < 1.29 is 17.9 Å². The Labute approximate surface area is 117 Å². The average molecular weight is 285 g/mol. The molecule has 0 aliphatic rings. The number of rotatable bonds is 5. The van der Waals surface area contributed by atoms with E-state index in [2.05, 4.69) is 11.3 Å². The van der Waals surface area contributed by atoms with Crippen molar-refractivity contribution >= 4 is 5.69 Å². The van der Waals surface area contributed by atoms with Crippen LogP contribution in [0.25, 0.3) is 0 Å². The minimum absolute atomic E-state index is 0.167. The van der Waals surface area contributed by atoms with Crippen molar-refractivity contribution in [1.29, 1.82) is 0 Å². The zero-order valence-electron chi connectivity index (χ0n) is 11.7. The van der Waals surface area contributed by atoms with Crippen molar-refractivity contribution in [2.45, 2.75) is 33.2 Å². The van der Waals surface area contributed by atoms with Gasteiger partial charge in [0.15, 0.2) is 0 Å². The predicted octanol–water partition coefficient (Wildman–Crippen LogP) is 4.89. The Morgan fingerprint density at radius 2 is 1.80 bits per heavy atom. The van der Waals surface area contributed by atoms with Gasteiger partial charge >= 0.3 is 6.36 Å². The normalized spacial score (nSPS) is 11.9. The summed E-state index contributed by atoms with van der Waals surface area (Å²) in [6, 6.07) is 5.94. The maximum absolute atomic E-state index is 12.1. The monoisotopic (exact) mass is 285 g/mol. The van der Waals surface area contributed by atoms with Crippen LogP contribution in [0.15, 0.2) is 48.7 Å². The van der Waals surface area contributed by atoms with E-state index < -0.39 is 6.36 Å². The molecule has 0 spiro atoms. The lowest BCUT2D eigenvalue weighted by Gasteiger charge is -2.25. The van der Waals surface area contributed by atoms with Crippen LogP contribution in [0.4, 0.5) is 18.9 Å². The highest BCUT2D eigenvalue weighted by Crippen LogP contribution is 2.26. The molecule has 0 aliphatic heterocycles. The van der Waals surface area contributed by atoms with E-state index in [9.17, 15) is 13.2 Å². The number of hydrogen-bond acceptors (Lipinski definition) is 2. The van der Waals surface area contributed by atoms with Crippen LogP contribution >= 0.6 is 0 Å². The summed E-state index contributed by atoms with van der Waals surface area (Å²) < 4.78 is 40.1. The Morgan fingerprint density at radius 1 is 1.25 bits per heavy atom. The van der Waals surface area contributed by atoms with Gasteiger partial charge in [0, 0.05) is 17.9 Å². The van der Waals surface area contributed by atoms with Crippen molar-refractivity contribution in [2.24, 2.45) is 0 Å². The Bertz CT molecular complexity index is 475. The first-order valence-electron chi connectivity index (χ1n) is 6.17. The third-order valence-corrected chi connectivity index (χ3v) is 2.44. The van der Waals surface area contributed by atoms with Gasteiger partial charge in [0.05, 0.1) is 0 Å². The molecule has 0 heterocycles.